The molecule has 24 heavy (non-hydrogen) atoms. The molecule has 2 heterocycles. The highest BCUT2D eigenvalue weighted by molar-refractivity contribution is 6.43. The zero-order chi connectivity index (χ0) is 17.3. The van der Waals surface area contributed by atoms with Gasteiger partial charge in [-0.15, -0.1) is 0 Å². The third-order valence-corrected chi connectivity index (χ3v) is 4.98. The Labute approximate surface area is 148 Å². The number of carboxylic acid groups (broad SMARTS) is 1. The lowest BCUT2D eigenvalue weighted by atomic mass is 10.0. The lowest BCUT2D eigenvalue weighted by Crippen LogP contribution is -2.39. The number of amides is 1. The van der Waals surface area contributed by atoms with Gasteiger partial charge in [0.1, 0.15) is 0 Å². The predicted molar refractivity (Wildman–Crippen MR) is 89.8 cm³/mol. The molecule has 1 N–H and O–H groups in total. The maximum absolute atomic E-state index is 12.6. The van der Waals surface area contributed by atoms with Gasteiger partial charge in [-0.1, -0.05) is 29.3 Å². The van der Waals surface area contributed by atoms with E-state index < -0.39 is 5.97 Å². The molecule has 1 aromatic carbocycles. The van der Waals surface area contributed by atoms with Crippen molar-refractivity contribution >= 4 is 35.1 Å². The summed E-state index contributed by atoms with van der Waals surface area (Å²) in [7, 11) is 0. The Morgan fingerprint density at radius 2 is 1.92 bits per heavy atom. The Balaban J connectivity index is 1.67. The summed E-state index contributed by atoms with van der Waals surface area (Å²) in [6, 6.07) is 5.09. The summed E-state index contributed by atoms with van der Waals surface area (Å²) in [5, 5.41) is 13.7. The normalized spacial score (nSPS) is 15.5. The second-order valence-electron chi connectivity index (χ2n) is 5.64. The minimum atomic E-state index is -0.996. The van der Waals surface area contributed by atoms with Gasteiger partial charge in [0, 0.05) is 19.3 Å². The monoisotopic (exact) mass is 367 g/mol. The lowest BCUT2D eigenvalue weighted by molar-refractivity contribution is 0.0688. The molecule has 1 aliphatic heterocycles. The molecule has 1 saturated heterocycles. The van der Waals surface area contributed by atoms with Gasteiger partial charge in [-0.25, -0.2) is 4.79 Å². The highest BCUT2D eigenvalue weighted by atomic mass is 35.5. The minimum Gasteiger partial charge on any atom is -0.478 e. The van der Waals surface area contributed by atoms with Crippen molar-refractivity contribution in [2.24, 2.45) is 0 Å². The van der Waals surface area contributed by atoms with Crippen LogP contribution in [-0.4, -0.2) is 44.8 Å². The van der Waals surface area contributed by atoms with Crippen LogP contribution in [0.5, 0.6) is 0 Å². The van der Waals surface area contributed by atoms with Crippen LogP contribution >= 0.6 is 23.2 Å². The number of piperidine rings is 1. The molecule has 1 amide bonds. The summed E-state index contributed by atoms with van der Waals surface area (Å²) in [6.45, 7) is 1.10. The van der Waals surface area contributed by atoms with Crippen LogP contribution in [0.25, 0.3) is 0 Å². The van der Waals surface area contributed by atoms with Crippen molar-refractivity contribution in [2.45, 2.75) is 18.9 Å². The van der Waals surface area contributed by atoms with Crippen molar-refractivity contribution in [1.82, 2.24) is 14.7 Å². The minimum absolute atomic E-state index is 0.0805. The van der Waals surface area contributed by atoms with Crippen LogP contribution in [0.3, 0.4) is 0 Å². The van der Waals surface area contributed by atoms with Crippen LogP contribution in [0.1, 0.15) is 39.6 Å². The van der Waals surface area contributed by atoms with Crippen LogP contribution in [0, 0.1) is 0 Å². The molecule has 126 valence electrons. The van der Waals surface area contributed by atoms with E-state index in [9.17, 15) is 9.59 Å². The first-order valence-electron chi connectivity index (χ1n) is 7.48. The first-order valence-corrected chi connectivity index (χ1v) is 8.23. The Hall–Kier alpha value is -2.05. The van der Waals surface area contributed by atoms with Gasteiger partial charge in [0.05, 0.1) is 33.4 Å². The summed E-state index contributed by atoms with van der Waals surface area (Å²) in [5.41, 5.74) is 0.564. The number of benzene rings is 1. The molecule has 1 aromatic heterocycles. The number of carbonyl (C=O) groups excluding carboxylic acids is 1. The van der Waals surface area contributed by atoms with E-state index >= 15 is 0 Å². The SMILES string of the molecule is O=C(O)c1cnn(C2CCN(C(=O)c3cccc(Cl)c3Cl)CC2)c1. The Morgan fingerprint density at radius 1 is 1.21 bits per heavy atom. The second-order valence-corrected chi connectivity index (χ2v) is 6.42. The molecule has 8 heteroatoms. The van der Waals surface area contributed by atoms with Crippen molar-refractivity contribution in [1.29, 1.82) is 0 Å². The summed E-state index contributed by atoms with van der Waals surface area (Å²) < 4.78 is 1.66. The molecule has 0 atom stereocenters. The largest absolute Gasteiger partial charge is 0.478 e. The topological polar surface area (TPSA) is 75.4 Å². The lowest BCUT2D eigenvalue weighted by Gasteiger charge is -2.32. The van der Waals surface area contributed by atoms with E-state index in [1.54, 1.807) is 27.8 Å². The smallest absolute Gasteiger partial charge is 0.338 e. The molecule has 0 radical (unpaired) electrons. The quantitative estimate of drug-likeness (QED) is 0.902. The molecule has 1 aliphatic rings. The zero-order valence-corrected chi connectivity index (χ0v) is 14.2. The van der Waals surface area contributed by atoms with Crippen LogP contribution in [0.15, 0.2) is 30.6 Å². The van der Waals surface area contributed by atoms with Crippen molar-refractivity contribution in [3.63, 3.8) is 0 Å². The van der Waals surface area contributed by atoms with E-state index in [1.165, 1.54) is 12.4 Å². The summed E-state index contributed by atoms with van der Waals surface area (Å²) >= 11 is 12.1. The number of hydrogen-bond acceptors (Lipinski definition) is 3. The van der Waals surface area contributed by atoms with Crippen LogP contribution in [-0.2, 0) is 0 Å². The van der Waals surface area contributed by atoms with Gasteiger partial charge in [-0.05, 0) is 25.0 Å². The Bertz CT molecular complexity index is 783. The number of aromatic nitrogens is 2. The van der Waals surface area contributed by atoms with Gasteiger partial charge in [0.2, 0.25) is 0 Å². The Kier molecular flexibility index (Phi) is 4.78. The van der Waals surface area contributed by atoms with Crippen LogP contribution < -0.4 is 0 Å². The average Bonchev–Trinajstić information content (AvgIpc) is 3.07. The van der Waals surface area contributed by atoms with E-state index in [0.717, 1.165) is 0 Å². The zero-order valence-electron chi connectivity index (χ0n) is 12.7. The number of nitrogens with zero attached hydrogens (tertiary/aromatic N) is 3. The predicted octanol–water partition coefficient (Wildman–Crippen LogP) is 3.37. The molecule has 6 nitrogen and oxygen atoms in total. The van der Waals surface area contributed by atoms with Crippen molar-refractivity contribution in [3.8, 4) is 0 Å². The highest BCUT2D eigenvalue weighted by Gasteiger charge is 2.26. The third-order valence-electron chi connectivity index (χ3n) is 4.16. The van der Waals surface area contributed by atoms with Gasteiger partial charge >= 0.3 is 5.97 Å². The van der Waals surface area contributed by atoms with Crippen molar-refractivity contribution < 1.29 is 14.7 Å². The fraction of sp³-hybridized carbons (Fsp3) is 0.312. The van der Waals surface area contributed by atoms with E-state index in [1.807, 2.05) is 0 Å². The molecule has 0 aliphatic carbocycles. The average molecular weight is 368 g/mol. The number of halogens is 2. The summed E-state index contributed by atoms with van der Waals surface area (Å²) in [5.74, 6) is -1.14. The number of hydrogen-bond donors (Lipinski definition) is 1. The molecule has 0 bridgehead atoms. The number of carbonyl (C=O) groups is 2. The van der Waals surface area contributed by atoms with Gasteiger partial charge < -0.3 is 10.0 Å². The number of rotatable bonds is 3. The molecular weight excluding hydrogens is 353 g/mol. The van der Waals surface area contributed by atoms with Crippen LogP contribution in [0.4, 0.5) is 0 Å². The van der Waals surface area contributed by atoms with Gasteiger partial charge in [0.25, 0.3) is 5.91 Å². The molecule has 2 aromatic rings. The molecule has 1 fully saturated rings. The van der Waals surface area contributed by atoms with E-state index in [2.05, 4.69) is 5.10 Å². The molecule has 0 saturated carbocycles. The van der Waals surface area contributed by atoms with Gasteiger partial charge in [-0.3, -0.25) is 9.48 Å². The molecular formula is C16H15Cl2N3O3. The molecule has 0 spiro atoms. The van der Waals surface area contributed by atoms with E-state index in [0.29, 0.717) is 36.5 Å². The maximum atomic E-state index is 12.6. The first-order chi connectivity index (χ1) is 11.5. The fourth-order valence-corrected chi connectivity index (χ4v) is 3.20. The summed E-state index contributed by atoms with van der Waals surface area (Å²) in [6.07, 6.45) is 4.26. The fourth-order valence-electron chi connectivity index (χ4n) is 2.82. The third kappa shape index (κ3) is 3.25. The van der Waals surface area contributed by atoms with Gasteiger partial charge in [-0.2, -0.15) is 5.10 Å². The number of carboxylic acids is 1. The Morgan fingerprint density at radius 3 is 2.54 bits per heavy atom. The summed E-state index contributed by atoms with van der Waals surface area (Å²) in [4.78, 5) is 25.2. The van der Waals surface area contributed by atoms with E-state index in [-0.39, 0.29) is 22.5 Å². The standard InChI is InChI=1S/C16H15Cl2N3O3/c17-13-3-1-2-12(14(13)18)15(22)20-6-4-11(5-7-20)21-9-10(8-19-21)16(23)24/h1-3,8-9,11H,4-7H2,(H,23,24). The van der Waals surface area contributed by atoms with Crippen LogP contribution in [0.2, 0.25) is 10.0 Å². The first kappa shape index (κ1) is 16.8. The van der Waals surface area contributed by atoms with Crippen molar-refractivity contribution in [3.05, 3.63) is 51.8 Å². The number of likely N-dealkylation sites (tertiary alicyclic amines) is 1. The highest BCUT2D eigenvalue weighted by Crippen LogP contribution is 2.29. The van der Waals surface area contributed by atoms with Gasteiger partial charge in [0.15, 0.2) is 0 Å². The number of aromatic carboxylic acids is 1. The maximum Gasteiger partial charge on any atom is 0.338 e. The van der Waals surface area contributed by atoms with Crippen molar-refractivity contribution in [2.75, 3.05) is 13.1 Å². The van der Waals surface area contributed by atoms with E-state index in [4.69, 9.17) is 28.3 Å². The molecule has 0 unspecified atom stereocenters. The molecule has 3 rings (SSSR count). The second kappa shape index (κ2) is 6.83.